The topological polar surface area (TPSA) is 48.3 Å². The third-order valence-electron chi connectivity index (χ3n) is 3.09. The van der Waals surface area contributed by atoms with Crippen LogP contribution in [0.15, 0.2) is 69.4 Å². The number of aromatic nitrogens is 1. The van der Waals surface area contributed by atoms with Crippen molar-refractivity contribution < 1.29 is 4.55 Å². The molecule has 22 heavy (non-hydrogen) atoms. The first-order valence-electron chi connectivity index (χ1n) is 6.75. The monoisotopic (exact) mass is 326 g/mol. The molecule has 1 atom stereocenters. The third-order valence-corrected chi connectivity index (χ3v) is 4.88. The van der Waals surface area contributed by atoms with E-state index in [1.807, 2.05) is 60.8 Å². The highest BCUT2D eigenvalue weighted by Gasteiger charge is 2.08. The standard InChI is InChI=1S/C17H14N2OS2/c1-13-5-7-16(8-6-13)22(20)19-12-14-3-2-4-15(11-14)17-18-9-10-21-17/h2-12H,1H3/t22-/m1/s1. The van der Waals surface area contributed by atoms with Crippen molar-refractivity contribution in [1.82, 2.24) is 4.98 Å². The van der Waals surface area contributed by atoms with Gasteiger partial charge in [-0.3, -0.25) is 0 Å². The molecular weight excluding hydrogens is 312 g/mol. The summed E-state index contributed by atoms with van der Waals surface area (Å²) in [6.07, 6.45) is 3.43. The van der Waals surface area contributed by atoms with Crippen LogP contribution in [0.25, 0.3) is 10.6 Å². The predicted octanol–water partition coefficient (Wildman–Crippen LogP) is 4.26. The minimum Gasteiger partial charge on any atom is -0.586 e. The summed E-state index contributed by atoms with van der Waals surface area (Å²) in [6, 6.07) is 15.4. The molecule has 0 N–H and O–H groups in total. The van der Waals surface area contributed by atoms with E-state index in [-0.39, 0.29) is 0 Å². The molecular formula is C17H14N2OS2. The lowest BCUT2D eigenvalue weighted by molar-refractivity contribution is 0.597. The van der Waals surface area contributed by atoms with Crippen molar-refractivity contribution in [3.63, 3.8) is 0 Å². The minimum absolute atomic E-state index is 0.706. The van der Waals surface area contributed by atoms with E-state index in [1.54, 1.807) is 23.7 Å². The van der Waals surface area contributed by atoms with Gasteiger partial charge in [-0.1, -0.05) is 40.3 Å². The first-order valence-corrected chi connectivity index (χ1v) is 8.73. The van der Waals surface area contributed by atoms with Crippen molar-refractivity contribution in [3.8, 4) is 10.6 Å². The van der Waals surface area contributed by atoms with Gasteiger partial charge in [0.25, 0.3) is 0 Å². The maximum absolute atomic E-state index is 12.1. The Morgan fingerprint density at radius 2 is 2.00 bits per heavy atom. The largest absolute Gasteiger partial charge is 0.586 e. The maximum Gasteiger partial charge on any atom is 0.182 e. The average molecular weight is 326 g/mol. The second kappa shape index (κ2) is 6.87. The summed E-state index contributed by atoms with van der Waals surface area (Å²) < 4.78 is 16.3. The summed E-state index contributed by atoms with van der Waals surface area (Å²) in [5.41, 5.74) is 3.09. The zero-order valence-corrected chi connectivity index (χ0v) is 13.6. The van der Waals surface area contributed by atoms with Gasteiger partial charge in [-0.2, -0.15) is 0 Å². The fourth-order valence-electron chi connectivity index (χ4n) is 1.94. The van der Waals surface area contributed by atoms with Crippen LogP contribution >= 0.6 is 11.3 Å². The summed E-state index contributed by atoms with van der Waals surface area (Å²) in [5, 5.41) is 2.91. The molecule has 5 heteroatoms. The summed E-state index contributed by atoms with van der Waals surface area (Å²) in [5.74, 6) is 0. The lowest BCUT2D eigenvalue weighted by atomic mass is 10.1. The van der Waals surface area contributed by atoms with Crippen molar-refractivity contribution in [1.29, 1.82) is 0 Å². The van der Waals surface area contributed by atoms with Crippen LogP contribution in [0.4, 0.5) is 0 Å². The number of rotatable bonds is 4. The van der Waals surface area contributed by atoms with Crippen LogP contribution < -0.4 is 0 Å². The number of hydrogen-bond donors (Lipinski definition) is 0. The molecule has 110 valence electrons. The molecule has 1 heterocycles. The highest BCUT2D eigenvalue weighted by Crippen LogP contribution is 2.22. The molecule has 3 aromatic rings. The molecule has 0 radical (unpaired) electrons. The normalized spacial score (nSPS) is 12.6. The van der Waals surface area contributed by atoms with Crippen molar-refractivity contribution in [3.05, 3.63) is 71.2 Å². The Bertz CT molecular complexity index is 768. The van der Waals surface area contributed by atoms with E-state index in [2.05, 4.69) is 9.38 Å². The van der Waals surface area contributed by atoms with E-state index in [9.17, 15) is 4.55 Å². The molecule has 0 saturated carbocycles. The summed E-state index contributed by atoms with van der Waals surface area (Å²) in [4.78, 5) is 5.00. The smallest absolute Gasteiger partial charge is 0.182 e. The Morgan fingerprint density at radius 3 is 2.73 bits per heavy atom. The van der Waals surface area contributed by atoms with Crippen LogP contribution in [0.2, 0.25) is 0 Å². The van der Waals surface area contributed by atoms with E-state index < -0.39 is 11.4 Å². The molecule has 0 aliphatic heterocycles. The highest BCUT2D eigenvalue weighted by atomic mass is 32.2. The van der Waals surface area contributed by atoms with Gasteiger partial charge in [0.1, 0.15) is 16.4 Å². The molecule has 1 aromatic heterocycles. The van der Waals surface area contributed by atoms with Crippen LogP contribution in [0.5, 0.6) is 0 Å². The van der Waals surface area contributed by atoms with E-state index >= 15 is 0 Å². The molecule has 3 rings (SSSR count). The Morgan fingerprint density at radius 1 is 1.18 bits per heavy atom. The average Bonchev–Trinajstić information content (AvgIpc) is 3.08. The van der Waals surface area contributed by atoms with Crippen molar-refractivity contribution in [2.45, 2.75) is 11.8 Å². The zero-order chi connectivity index (χ0) is 15.4. The first kappa shape index (κ1) is 15.0. The Kier molecular flexibility index (Phi) is 4.68. The number of thiazole rings is 1. The molecule has 3 nitrogen and oxygen atoms in total. The third kappa shape index (κ3) is 3.62. The SMILES string of the molecule is Cc1ccc([S@@+]([O-])N=Cc2cccc(-c3nccs3)c2)cc1. The van der Waals surface area contributed by atoms with Gasteiger partial charge in [0.15, 0.2) is 4.90 Å². The Balaban J connectivity index is 1.77. The van der Waals surface area contributed by atoms with Gasteiger partial charge in [0.2, 0.25) is 0 Å². The van der Waals surface area contributed by atoms with Gasteiger partial charge in [-0.25, -0.2) is 4.98 Å². The summed E-state index contributed by atoms with van der Waals surface area (Å²) in [6.45, 7) is 2.00. The zero-order valence-electron chi connectivity index (χ0n) is 12.0. The van der Waals surface area contributed by atoms with Crippen LogP contribution in [-0.4, -0.2) is 15.8 Å². The van der Waals surface area contributed by atoms with Gasteiger partial charge in [-0.15, -0.1) is 11.3 Å². The quantitative estimate of drug-likeness (QED) is 0.531. The predicted molar refractivity (Wildman–Crippen MR) is 92.7 cm³/mol. The van der Waals surface area contributed by atoms with Gasteiger partial charge in [0, 0.05) is 17.1 Å². The van der Waals surface area contributed by atoms with Crippen molar-refractivity contribution in [2.75, 3.05) is 0 Å². The van der Waals surface area contributed by atoms with E-state index in [0.29, 0.717) is 4.90 Å². The van der Waals surface area contributed by atoms with Gasteiger partial charge in [0.05, 0.1) is 6.21 Å². The van der Waals surface area contributed by atoms with E-state index in [4.69, 9.17) is 0 Å². The second-order valence-electron chi connectivity index (χ2n) is 4.76. The van der Waals surface area contributed by atoms with Crippen LogP contribution in [-0.2, 0) is 11.4 Å². The highest BCUT2D eigenvalue weighted by molar-refractivity contribution is 7.90. The van der Waals surface area contributed by atoms with Gasteiger partial charge < -0.3 is 4.55 Å². The summed E-state index contributed by atoms with van der Waals surface area (Å²) in [7, 11) is 0. The molecule has 0 amide bonds. The van der Waals surface area contributed by atoms with E-state index in [1.165, 1.54) is 0 Å². The second-order valence-corrected chi connectivity index (χ2v) is 6.83. The fraction of sp³-hybridized carbons (Fsp3) is 0.0588. The molecule has 2 aromatic carbocycles. The van der Waals surface area contributed by atoms with Crippen LogP contribution in [0.3, 0.4) is 0 Å². The van der Waals surface area contributed by atoms with Crippen molar-refractivity contribution in [2.24, 2.45) is 4.40 Å². The maximum atomic E-state index is 12.1. The number of aryl methyl sites for hydroxylation is 1. The molecule has 0 bridgehead atoms. The van der Waals surface area contributed by atoms with Crippen LogP contribution in [0, 0.1) is 6.92 Å². The van der Waals surface area contributed by atoms with Crippen molar-refractivity contribution >= 4 is 28.9 Å². The molecule has 0 spiro atoms. The first-order chi connectivity index (χ1) is 10.7. The Hall–Kier alpha value is -1.95. The van der Waals surface area contributed by atoms with Gasteiger partial charge >= 0.3 is 0 Å². The molecule has 0 unspecified atom stereocenters. The van der Waals surface area contributed by atoms with E-state index in [0.717, 1.165) is 21.7 Å². The number of nitrogens with zero attached hydrogens (tertiary/aromatic N) is 2. The lowest BCUT2D eigenvalue weighted by Crippen LogP contribution is -1.97. The molecule has 0 fully saturated rings. The minimum atomic E-state index is -1.38. The lowest BCUT2D eigenvalue weighted by Gasteiger charge is -2.03. The fourth-order valence-corrected chi connectivity index (χ4v) is 3.29. The van der Waals surface area contributed by atoms with Crippen LogP contribution in [0.1, 0.15) is 11.1 Å². The van der Waals surface area contributed by atoms with Gasteiger partial charge in [-0.05, 0) is 30.7 Å². The number of hydrogen-bond acceptors (Lipinski definition) is 4. The molecule has 0 aliphatic rings. The molecule has 0 aliphatic carbocycles. The Labute approximate surface area is 136 Å². The molecule has 0 saturated heterocycles. The summed E-state index contributed by atoms with van der Waals surface area (Å²) >= 11 is 0.213. The number of benzene rings is 2.